The monoisotopic (exact) mass is 225 g/mol. The van der Waals surface area contributed by atoms with Crippen molar-refractivity contribution in [3.63, 3.8) is 0 Å². The van der Waals surface area contributed by atoms with Crippen molar-refractivity contribution >= 4 is 34.7 Å². The third-order valence-corrected chi connectivity index (χ3v) is 0. The van der Waals surface area contributed by atoms with Gasteiger partial charge in [-0.2, -0.15) is 0 Å². The summed E-state index contributed by atoms with van der Waals surface area (Å²) in [6.45, 7) is 0. The van der Waals surface area contributed by atoms with Gasteiger partial charge in [-0.1, -0.05) is 0 Å². The van der Waals surface area contributed by atoms with Crippen LogP contribution in [0, 0.1) is 0 Å². The summed E-state index contributed by atoms with van der Waals surface area (Å²) in [6.07, 6.45) is 0. The van der Waals surface area contributed by atoms with E-state index in [0.29, 0.717) is 0 Å². The van der Waals surface area contributed by atoms with Crippen LogP contribution in [0.5, 0.6) is 0 Å². The summed E-state index contributed by atoms with van der Waals surface area (Å²) >= 11 is 1.70. The summed E-state index contributed by atoms with van der Waals surface area (Å²) in [7, 11) is 0. The molecule has 0 atom stereocenters. The predicted molar refractivity (Wildman–Crippen MR) is 14.3 cm³/mol. The van der Waals surface area contributed by atoms with Gasteiger partial charge in [0, 0.05) is 0 Å². The SMILES string of the molecule is [Al+3].[Al+3].[O-2].[O-2].[O-2].[O]=[Ag]. The molecule has 0 aromatic heterocycles. The van der Waals surface area contributed by atoms with Crippen molar-refractivity contribution in [1.29, 1.82) is 0 Å². The van der Waals surface area contributed by atoms with Crippen molar-refractivity contribution in [2.24, 2.45) is 0 Å². The summed E-state index contributed by atoms with van der Waals surface area (Å²) < 4.78 is 8.06. The topological polar surface area (TPSA) is 103 Å². The standard InChI is InChI=1S/Ag.2Al.4O/q;2*+3;;3*-2. The van der Waals surface area contributed by atoms with E-state index < -0.39 is 0 Å². The third kappa shape index (κ3) is 102. The summed E-state index contributed by atoms with van der Waals surface area (Å²) in [6, 6.07) is 0. The van der Waals surface area contributed by atoms with E-state index in [2.05, 4.69) is 0 Å². The zero-order chi connectivity index (χ0) is 2.00. The van der Waals surface area contributed by atoms with Gasteiger partial charge in [0.05, 0.1) is 0 Å². The Kier molecular flexibility index (Phi) is 1570. The number of hydrogen-bond donors (Lipinski definition) is 0. The average molecular weight is 226 g/mol. The molecule has 0 N–H and O–H groups in total. The van der Waals surface area contributed by atoms with Gasteiger partial charge < -0.3 is 16.4 Å². The molecule has 0 aliphatic heterocycles. The van der Waals surface area contributed by atoms with Crippen molar-refractivity contribution < 1.29 is 40.7 Å². The van der Waals surface area contributed by atoms with Gasteiger partial charge in [-0.15, -0.1) is 0 Å². The first-order chi connectivity index (χ1) is 1.00. The second kappa shape index (κ2) is 143. The Morgan fingerprint density at radius 2 is 0.714 bits per heavy atom. The summed E-state index contributed by atoms with van der Waals surface area (Å²) in [4.78, 5) is 0. The van der Waals surface area contributed by atoms with Crippen molar-refractivity contribution in [1.82, 2.24) is 0 Å². The molecular weight excluding hydrogens is 226 g/mol. The van der Waals surface area contributed by atoms with Crippen LogP contribution in [0.2, 0.25) is 0 Å². The van der Waals surface area contributed by atoms with E-state index in [-0.39, 0.29) is 51.2 Å². The van der Waals surface area contributed by atoms with E-state index in [1.165, 1.54) is 0 Å². The fourth-order valence-corrected chi connectivity index (χ4v) is 0. The van der Waals surface area contributed by atoms with Gasteiger partial charge in [0.15, 0.2) is 0 Å². The first-order valence-electron chi connectivity index (χ1n) is 0.123. The van der Waals surface area contributed by atoms with E-state index in [9.17, 15) is 0 Å². The molecule has 0 heterocycles. The van der Waals surface area contributed by atoms with Crippen LogP contribution in [0.15, 0.2) is 0 Å². The third-order valence-electron chi connectivity index (χ3n) is 0. The van der Waals surface area contributed by atoms with Gasteiger partial charge in [-0.05, 0) is 0 Å². The molecule has 0 radical (unpaired) electrons. The molecule has 0 aromatic rings. The minimum atomic E-state index is 0. The second-order valence-electron chi connectivity index (χ2n) is 0. The van der Waals surface area contributed by atoms with Gasteiger partial charge in [0.2, 0.25) is 0 Å². The van der Waals surface area contributed by atoms with E-state index in [1.807, 2.05) is 0 Å². The molecule has 0 bridgehead atoms. The van der Waals surface area contributed by atoms with Crippen LogP contribution in [0.1, 0.15) is 0 Å². The maximum atomic E-state index is 8.06. The Morgan fingerprint density at radius 3 is 0.714 bits per heavy atom. The van der Waals surface area contributed by atoms with E-state index in [1.54, 1.807) is 21.0 Å². The first-order valence-corrected chi connectivity index (χ1v) is 0.728. The Hall–Kier alpha value is 1.49. The zero-order valence-corrected chi connectivity index (χ0v) is 6.88. The normalized spacial score (nSPS) is 0.857. The van der Waals surface area contributed by atoms with Crippen LogP contribution in [-0.4, -0.2) is 34.7 Å². The molecular formula is AgAl2O4. The van der Waals surface area contributed by atoms with Gasteiger partial charge in [0.25, 0.3) is 0 Å². The van der Waals surface area contributed by atoms with Crippen LogP contribution in [-0.2, 0) is 40.7 Å². The molecule has 0 spiro atoms. The van der Waals surface area contributed by atoms with E-state index >= 15 is 0 Å². The van der Waals surface area contributed by atoms with Gasteiger partial charge in [-0.25, -0.2) is 0 Å². The predicted octanol–water partition coefficient (Wildman–Crippen LogP) is -1.24. The van der Waals surface area contributed by atoms with Gasteiger partial charge in [-0.3, -0.25) is 0 Å². The van der Waals surface area contributed by atoms with Crippen LogP contribution in [0.3, 0.4) is 0 Å². The maximum absolute atomic E-state index is 8.06. The molecule has 0 rings (SSSR count). The summed E-state index contributed by atoms with van der Waals surface area (Å²) in [5.41, 5.74) is 0. The van der Waals surface area contributed by atoms with Crippen LogP contribution < -0.4 is 0 Å². The van der Waals surface area contributed by atoms with Crippen molar-refractivity contribution in [2.45, 2.75) is 0 Å². The zero-order valence-electron chi connectivity index (χ0n) is 3.09. The van der Waals surface area contributed by atoms with Gasteiger partial charge >= 0.3 is 59.0 Å². The van der Waals surface area contributed by atoms with Crippen molar-refractivity contribution in [2.75, 3.05) is 0 Å². The first kappa shape index (κ1) is 77.0. The molecule has 0 saturated heterocycles. The van der Waals surface area contributed by atoms with Crippen molar-refractivity contribution in [3.8, 4) is 0 Å². The van der Waals surface area contributed by atoms with E-state index in [4.69, 9.17) is 3.25 Å². The molecule has 7 heteroatoms. The van der Waals surface area contributed by atoms with Crippen LogP contribution in [0.4, 0.5) is 0 Å². The number of rotatable bonds is 0. The van der Waals surface area contributed by atoms with Crippen LogP contribution in [0.25, 0.3) is 0 Å². The Labute approximate surface area is 75.1 Å². The fourth-order valence-electron chi connectivity index (χ4n) is 0. The Bertz CT molecular complexity index is 9.65. The Balaban J connectivity index is -0.000000000500. The fraction of sp³-hybridized carbons (Fsp3) is 0. The molecule has 7 heavy (non-hydrogen) atoms. The molecule has 0 aromatic carbocycles. The Morgan fingerprint density at radius 1 is 0.714 bits per heavy atom. The van der Waals surface area contributed by atoms with E-state index in [0.717, 1.165) is 0 Å². The van der Waals surface area contributed by atoms with Crippen LogP contribution >= 0.6 is 0 Å². The molecule has 0 saturated carbocycles. The molecule has 41 valence electrons. The molecule has 0 amide bonds. The minimum absolute atomic E-state index is 0. The molecule has 0 aliphatic carbocycles. The molecule has 4 nitrogen and oxygen atoms in total. The average Bonchev–Trinajstić information content (AvgIpc) is 1.00. The molecule has 0 fully saturated rings. The summed E-state index contributed by atoms with van der Waals surface area (Å²) in [5, 5.41) is 0. The second-order valence-corrected chi connectivity index (χ2v) is 0. The number of hydrogen-bond acceptors (Lipinski definition) is 1. The molecule has 0 aliphatic rings. The molecule has 0 unspecified atom stereocenters. The van der Waals surface area contributed by atoms with Crippen molar-refractivity contribution in [3.05, 3.63) is 0 Å². The van der Waals surface area contributed by atoms with Gasteiger partial charge in [0.1, 0.15) is 0 Å². The quantitative estimate of drug-likeness (QED) is 0.473. The summed E-state index contributed by atoms with van der Waals surface area (Å²) in [5.74, 6) is 0.